The molecule has 0 radical (unpaired) electrons. The number of nitriles is 1. The highest BCUT2D eigenvalue weighted by atomic mass is 32.2. The number of nitrogens with zero attached hydrogens (tertiary/aromatic N) is 1. The summed E-state index contributed by atoms with van der Waals surface area (Å²) in [7, 11) is -3.63. The Morgan fingerprint density at radius 2 is 1.96 bits per heavy atom. The molecule has 0 fully saturated rings. The lowest BCUT2D eigenvalue weighted by Crippen LogP contribution is -2.26. The summed E-state index contributed by atoms with van der Waals surface area (Å²) < 4.78 is 37.5. The zero-order valence-corrected chi connectivity index (χ0v) is 13.0. The van der Waals surface area contributed by atoms with Gasteiger partial charge in [0.2, 0.25) is 16.8 Å². The Bertz CT molecular complexity index is 872. The summed E-state index contributed by atoms with van der Waals surface area (Å²) >= 11 is 0. The second kappa shape index (κ2) is 6.28. The van der Waals surface area contributed by atoms with Gasteiger partial charge >= 0.3 is 0 Å². The van der Waals surface area contributed by atoms with Crippen molar-refractivity contribution in [2.24, 2.45) is 0 Å². The Kier molecular flexibility index (Phi) is 4.19. The molecule has 1 N–H and O–H groups in total. The highest BCUT2D eigenvalue weighted by Gasteiger charge is 2.15. The van der Waals surface area contributed by atoms with Crippen LogP contribution < -0.4 is 14.2 Å². The van der Waals surface area contributed by atoms with Crippen LogP contribution in [0.3, 0.4) is 0 Å². The Labute approximate surface area is 134 Å². The molecule has 0 aromatic heterocycles. The smallest absolute Gasteiger partial charge is 0.240 e. The zero-order chi connectivity index (χ0) is 16.3. The molecule has 23 heavy (non-hydrogen) atoms. The third kappa shape index (κ3) is 3.44. The van der Waals surface area contributed by atoms with E-state index in [1.807, 2.05) is 24.3 Å². The van der Waals surface area contributed by atoms with E-state index in [2.05, 4.69) is 4.72 Å². The summed E-state index contributed by atoms with van der Waals surface area (Å²) in [6, 6.07) is 13.4. The van der Waals surface area contributed by atoms with Crippen LogP contribution in [0.1, 0.15) is 11.1 Å². The molecule has 0 aliphatic carbocycles. The number of hydrogen-bond donors (Lipinski definition) is 1. The molecule has 3 rings (SSSR count). The number of ether oxygens (including phenoxy) is 2. The quantitative estimate of drug-likeness (QED) is 0.903. The molecule has 0 saturated heterocycles. The van der Waals surface area contributed by atoms with Crippen molar-refractivity contribution in [1.29, 1.82) is 5.26 Å². The number of hydrogen-bond acceptors (Lipinski definition) is 5. The molecule has 0 amide bonds. The third-order valence-electron chi connectivity index (χ3n) is 3.42. The monoisotopic (exact) mass is 330 g/mol. The van der Waals surface area contributed by atoms with Crippen molar-refractivity contribution in [2.75, 3.05) is 13.3 Å². The Morgan fingerprint density at radius 1 is 1.13 bits per heavy atom. The lowest BCUT2D eigenvalue weighted by Gasteiger charge is -2.07. The van der Waals surface area contributed by atoms with E-state index < -0.39 is 10.0 Å². The number of fused-ring (bicyclic) bond motifs is 1. The average molecular weight is 330 g/mol. The maximum atomic E-state index is 12.2. The minimum atomic E-state index is -3.63. The average Bonchev–Trinajstić information content (AvgIpc) is 3.02. The first-order valence-electron chi connectivity index (χ1n) is 6.97. The molecule has 7 heteroatoms. The van der Waals surface area contributed by atoms with Gasteiger partial charge in [-0.05, 0) is 42.3 Å². The van der Waals surface area contributed by atoms with Gasteiger partial charge in [-0.2, -0.15) is 5.26 Å². The Morgan fingerprint density at radius 3 is 2.78 bits per heavy atom. The molecule has 2 aromatic carbocycles. The van der Waals surface area contributed by atoms with Gasteiger partial charge in [0.15, 0.2) is 11.5 Å². The minimum Gasteiger partial charge on any atom is -0.454 e. The lowest BCUT2D eigenvalue weighted by molar-refractivity contribution is 0.174. The van der Waals surface area contributed by atoms with Crippen molar-refractivity contribution in [1.82, 2.24) is 4.72 Å². The summed E-state index contributed by atoms with van der Waals surface area (Å²) in [6.45, 7) is 0.458. The summed E-state index contributed by atoms with van der Waals surface area (Å²) in [5.74, 6) is 1.37. The highest BCUT2D eigenvalue weighted by molar-refractivity contribution is 7.89. The van der Waals surface area contributed by atoms with Crippen molar-refractivity contribution in [2.45, 2.75) is 11.3 Å². The van der Waals surface area contributed by atoms with E-state index in [-0.39, 0.29) is 18.2 Å². The van der Waals surface area contributed by atoms with E-state index in [9.17, 15) is 8.42 Å². The van der Waals surface area contributed by atoms with Gasteiger partial charge in [-0.3, -0.25) is 0 Å². The predicted octanol–water partition coefficient (Wildman–Crippen LogP) is 1.81. The number of rotatable bonds is 5. The maximum Gasteiger partial charge on any atom is 0.240 e. The fourth-order valence-corrected chi connectivity index (χ4v) is 3.32. The van der Waals surface area contributed by atoms with Crippen molar-refractivity contribution in [3.8, 4) is 17.6 Å². The molecule has 0 unspecified atom stereocenters. The van der Waals surface area contributed by atoms with Gasteiger partial charge in [0.05, 0.1) is 16.5 Å². The van der Waals surface area contributed by atoms with Crippen molar-refractivity contribution < 1.29 is 17.9 Å². The van der Waals surface area contributed by atoms with Gasteiger partial charge < -0.3 is 9.47 Å². The molecule has 0 bridgehead atoms. The van der Waals surface area contributed by atoms with E-state index in [0.717, 1.165) is 5.56 Å². The summed E-state index contributed by atoms with van der Waals surface area (Å²) in [5, 5.41) is 8.84. The standard InChI is InChI=1S/C16H14N2O4S/c17-10-13-2-1-3-14(8-13)23(19,20)18-7-6-12-4-5-15-16(9-12)22-11-21-15/h1-5,8-9,18H,6-7,11H2. The molecule has 0 atom stereocenters. The van der Waals surface area contributed by atoms with Crippen LogP contribution in [0.5, 0.6) is 11.5 Å². The fourth-order valence-electron chi connectivity index (χ4n) is 2.24. The van der Waals surface area contributed by atoms with Crippen LogP contribution in [0.4, 0.5) is 0 Å². The van der Waals surface area contributed by atoms with Crippen molar-refractivity contribution >= 4 is 10.0 Å². The first-order chi connectivity index (χ1) is 11.1. The molecule has 118 valence electrons. The molecule has 0 spiro atoms. The lowest BCUT2D eigenvalue weighted by atomic mass is 10.1. The van der Waals surface area contributed by atoms with Crippen LogP contribution in [0.15, 0.2) is 47.4 Å². The van der Waals surface area contributed by atoms with E-state index in [1.165, 1.54) is 12.1 Å². The van der Waals surface area contributed by atoms with Gasteiger partial charge in [-0.15, -0.1) is 0 Å². The molecule has 2 aromatic rings. The topological polar surface area (TPSA) is 88.4 Å². The molecule has 0 saturated carbocycles. The number of nitrogens with one attached hydrogen (secondary N) is 1. The van der Waals surface area contributed by atoms with Crippen LogP contribution in [0.25, 0.3) is 0 Å². The van der Waals surface area contributed by atoms with Crippen molar-refractivity contribution in [3.63, 3.8) is 0 Å². The third-order valence-corrected chi connectivity index (χ3v) is 4.87. The van der Waals surface area contributed by atoms with Crippen LogP contribution in [0, 0.1) is 11.3 Å². The van der Waals surface area contributed by atoms with E-state index >= 15 is 0 Å². The molecular formula is C16H14N2O4S. The number of sulfonamides is 1. The minimum absolute atomic E-state index is 0.0854. The molecular weight excluding hydrogens is 316 g/mol. The first-order valence-corrected chi connectivity index (χ1v) is 8.45. The fraction of sp³-hybridized carbons (Fsp3) is 0.188. The summed E-state index contributed by atoms with van der Waals surface area (Å²) in [4.78, 5) is 0.0854. The van der Waals surface area contributed by atoms with Gasteiger partial charge in [0.1, 0.15) is 0 Å². The van der Waals surface area contributed by atoms with Gasteiger partial charge in [0.25, 0.3) is 0 Å². The van der Waals surface area contributed by atoms with Crippen LogP contribution in [-0.2, 0) is 16.4 Å². The van der Waals surface area contributed by atoms with Gasteiger partial charge in [-0.1, -0.05) is 12.1 Å². The molecule has 6 nitrogen and oxygen atoms in total. The summed E-state index contributed by atoms with van der Waals surface area (Å²) in [5.41, 5.74) is 1.26. The Balaban J connectivity index is 1.64. The second-order valence-electron chi connectivity index (χ2n) is 4.98. The van der Waals surface area contributed by atoms with Crippen LogP contribution >= 0.6 is 0 Å². The molecule has 1 aliphatic rings. The predicted molar refractivity (Wildman–Crippen MR) is 82.6 cm³/mol. The first kappa shape index (κ1) is 15.3. The largest absolute Gasteiger partial charge is 0.454 e. The van der Waals surface area contributed by atoms with Crippen LogP contribution in [-0.4, -0.2) is 21.8 Å². The van der Waals surface area contributed by atoms with Gasteiger partial charge in [-0.25, -0.2) is 13.1 Å². The highest BCUT2D eigenvalue weighted by Crippen LogP contribution is 2.32. The van der Waals surface area contributed by atoms with E-state index in [0.29, 0.717) is 23.5 Å². The van der Waals surface area contributed by atoms with E-state index in [1.54, 1.807) is 12.1 Å². The van der Waals surface area contributed by atoms with Crippen LogP contribution in [0.2, 0.25) is 0 Å². The molecule has 1 aliphatic heterocycles. The number of benzene rings is 2. The molecule has 1 heterocycles. The zero-order valence-electron chi connectivity index (χ0n) is 12.2. The van der Waals surface area contributed by atoms with E-state index in [4.69, 9.17) is 14.7 Å². The Hall–Kier alpha value is -2.56. The normalized spacial score (nSPS) is 12.8. The van der Waals surface area contributed by atoms with Crippen molar-refractivity contribution in [3.05, 3.63) is 53.6 Å². The summed E-state index contributed by atoms with van der Waals surface area (Å²) in [6.07, 6.45) is 0.522. The van der Waals surface area contributed by atoms with Gasteiger partial charge in [0, 0.05) is 6.54 Å². The maximum absolute atomic E-state index is 12.2. The SMILES string of the molecule is N#Cc1cccc(S(=O)(=O)NCCc2ccc3c(c2)OCO3)c1. The second-order valence-corrected chi connectivity index (χ2v) is 6.74.